The molecule has 0 aromatic heterocycles. The van der Waals surface area contributed by atoms with Gasteiger partial charge in [-0.3, -0.25) is 0 Å². The molecule has 0 aromatic rings. The van der Waals surface area contributed by atoms with Crippen molar-refractivity contribution in [2.45, 2.75) is 12.1 Å². The SMILES string of the molecule is NC1C=CC(C(=O)O)=C[C@H]1O. The number of hydrogen-bond acceptors (Lipinski definition) is 3. The van der Waals surface area contributed by atoms with Crippen LogP contribution in [-0.4, -0.2) is 28.3 Å². The average Bonchev–Trinajstić information content (AvgIpc) is 1.94. The monoisotopic (exact) mass is 155 g/mol. The van der Waals surface area contributed by atoms with Crippen LogP contribution in [0, 0.1) is 0 Å². The Balaban J connectivity index is 2.80. The smallest absolute Gasteiger partial charge is 0.335 e. The van der Waals surface area contributed by atoms with Crippen molar-refractivity contribution in [3.8, 4) is 0 Å². The zero-order chi connectivity index (χ0) is 8.43. The van der Waals surface area contributed by atoms with E-state index in [1.54, 1.807) is 0 Å². The van der Waals surface area contributed by atoms with Gasteiger partial charge < -0.3 is 15.9 Å². The average molecular weight is 155 g/mol. The molecule has 0 bridgehead atoms. The van der Waals surface area contributed by atoms with E-state index in [4.69, 9.17) is 15.9 Å². The molecule has 0 saturated heterocycles. The number of carbonyl (C=O) groups is 1. The fourth-order valence-electron chi connectivity index (χ4n) is 0.822. The summed E-state index contributed by atoms with van der Waals surface area (Å²) in [6, 6.07) is -0.488. The lowest BCUT2D eigenvalue weighted by Crippen LogP contribution is -2.33. The first-order valence-electron chi connectivity index (χ1n) is 3.18. The zero-order valence-corrected chi connectivity index (χ0v) is 5.77. The van der Waals surface area contributed by atoms with E-state index >= 15 is 0 Å². The molecule has 0 amide bonds. The second-order valence-electron chi connectivity index (χ2n) is 2.35. The van der Waals surface area contributed by atoms with Crippen LogP contribution in [0.5, 0.6) is 0 Å². The van der Waals surface area contributed by atoms with Gasteiger partial charge in [-0.05, 0) is 6.08 Å². The van der Waals surface area contributed by atoms with Crippen molar-refractivity contribution >= 4 is 5.97 Å². The van der Waals surface area contributed by atoms with E-state index in [1.807, 2.05) is 0 Å². The van der Waals surface area contributed by atoms with Gasteiger partial charge in [0.05, 0.1) is 17.7 Å². The Kier molecular flexibility index (Phi) is 2.07. The van der Waals surface area contributed by atoms with Crippen molar-refractivity contribution < 1.29 is 15.0 Å². The zero-order valence-electron chi connectivity index (χ0n) is 5.77. The third kappa shape index (κ3) is 1.66. The van der Waals surface area contributed by atoms with Gasteiger partial charge in [0, 0.05) is 0 Å². The highest BCUT2D eigenvalue weighted by molar-refractivity contribution is 5.90. The summed E-state index contributed by atoms with van der Waals surface area (Å²) in [5.74, 6) is -1.05. The molecule has 0 heterocycles. The Morgan fingerprint density at radius 2 is 2.27 bits per heavy atom. The third-order valence-corrected chi connectivity index (χ3v) is 1.49. The molecule has 60 valence electrons. The Morgan fingerprint density at radius 3 is 2.73 bits per heavy atom. The minimum Gasteiger partial charge on any atom is -0.478 e. The summed E-state index contributed by atoms with van der Waals surface area (Å²) >= 11 is 0. The number of aliphatic carboxylic acids is 1. The van der Waals surface area contributed by atoms with E-state index in [0.29, 0.717) is 0 Å². The second kappa shape index (κ2) is 2.86. The van der Waals surface area contributed by atoms with Crippen molar-refractivity contribution in [3.63, 3.8) is 0 Å². The molecule has 1 rings (SSSR count). The summed E-state index contributed by atoms with van der Waals surface area (Å²) in [5.41, 5.74) is 5.45. The van der Waals surface area contributed by atoms with Gasteiger partial charge in [0.25, 0.3) is 0 Å². The number of nitrogens with two attached hydrogens (primary N) is 1. The maximum Gasteiger partial charge on any atom is 0.335 e. The summed E-state index contributed by atoms with van der Waals surface area (Å²) in [5, 5.41) is 17.6. The highest BCUT2D eigenvalue weighted by Gasteiger charge is 2.16. The molecule has 1 aliphatic rings. The summed E-state index contributed by atoms with van der Waals surface area (Å²) < 4.78 is 0. The molecule has 1 unspecified atom stereocenters. The molecular formula is C7H9NO3. The van der Waals surface area contributed by atoms with Gasteiger partial charge in [-0.1, -0.05) is 12.2 Å². The molecule has 2 atom stereocenters. The summed E-state index contributed by atoms with van der Waals surface area (Å²) in [7, 11) is 0. The van der Waals surface area contributed by atoms with Crippen LogP contribution in [-0.2, 0) is 4.79 Å². The maximum absolute atomic E-state index is 10.3. The normalized spacial score (nSPS) is 29.8. The summed E-state index contributed by atoms with van der Waals surface area (Å²) in [4.78, 5) is 10.3. The van der Waals surface area contributed by atoms with Gasteiger partial charge >= 0.3 is 5.97 Å². The Morgan fingerprint density at radius 1 is 1.64 bits per heavy atom. The lowest BCUT2D eigenvalue weighted by Gasteiger charge is -2.15. The van der Waals surface area contributed by atoms with Crippen LogP contribution in [0.1, 0.15) is 0 Å². The van der Waals surface area contributed by atoms with E-state index < -0.39 is 18.1 Å². The minimum absolute atomic E-state index is 0.0826. The standard InChI is InChI=1S/C7H9NO3/c8-5-2-1-4(7(10)11)3-6(5)9/h1-3,5-6,9H,8H2,(H,10,11)/t5?,6-/m1/s1. The lowest BCUT2D eigenvalue weighted by molar-refractivity contribution is -0.132. The van der Waals surface area contributed by atoms with Gasteiger partial charge in [0.2, 0.25) is 0 Å². The van der Waals surface area contributed by atoms with Gasteiger partial charge in [0.15, 0.2) is 0 Å². The van der Waals surface area contributed by atoms with Crippen LogP contribution in [0.2, 0.25) is 0 Å². The largest absolute Gasteiger partial charge is 0.478 e. The van der Waals surface area contributed by atoms with E-state index in [1.165, 1.54) is 18.2 Å². The molecule has 4 heteroatoms. The van der Waals surface area contributed by atoms with Crippen LogP contribution in [0.15, 0.2) is 23.8 Å². The summed E-state index contributed by atoms with van der Waals surface area (Å²) in [6.45, 7) is 0. The number of aliphatic hydroxyl groups is 1. The third-order valence-electron chi connectivity index (χ3n) is 1.49. The lowest BCUT2D eigenvalue weighted by atomic mass is 10.0. The fraction of sp³-hybridized carbons (Fsp3) is 0.286. The molecular weight excluding hydrogens is 146 g/mol. The van der Waals surface area contributed by atoms with E-state index in [9.17, 15) is 4.79 Å². The van der Waals surface area contributed by atoms with E-state index in [2.05, 4.69) is 0 Å². The van der Waals surface area contributed by atoms with E-state index in [-0.39, 0.29) is 5.57 Å². The summed E-state index contributed by atoms with van der Waals surface area (Å²) in [6.07, 6.45) is 3.20. The highest BCUT2D eigenvalue weighted by atomic mass is 16.4. The van der Waals surface area contributed by atoms with Gasteiger partial charge in [0.1, 0.15) is 0 Å². The first-order chi connectivity index (χ1) is 5.11. The van der Waals surface area contributed by atoms with Crippen molar-refractivity contribution in [2.24, 2.45) is 5.73 Å². The number of aliphatic hydroxyl groups excluding tert-OH is 1. The second-order valence-corrected chi connectivity index (χ2v) is 2.35. The first kappa shape index (κ1) is 7.97. The number of carboxylic acid groups (broad SMARTS) is 1. The van der Waals surface area contributed by atoms with E-state index in [0.717, 1.165) is 0 Å². The number of carboxylic acids is 1. The molecule has 1 aliphatic carbocycles. The number of hydrogen-bond donors (Lipinski definition) is 3. The Hall–Kier alpha value is -1.13. The molecule has 0 aliphatic heterocycles. The van der Waals surface area contributed by atoms with Crippen molar-refractivity contribution in [3.05, 3.63) is 23.8 Å². The predicted octanol–water partition coefficient (Wildman–Crippen LogP) is -0.745. The van der Waals surface area contributed by atoms with Crippen molar-refractivity contribution in [1.82, 2.24) is 0 Å². The van der Waals surface area contributed by atoms with Gasteiger partial charge in [-0.2, -0.15) is 0 Å². The van der Waals surface area contributed by atoms with Crippen LogP contribution in [0.4, 0.5) is 0 Å². The Labute approximate surface area is 63.6 Å². The van der Waals surface area contributed by atoms with Gasteiger partial charge in [-0.25, -0.2) is 4.79 Å². The molecule has 0 aromatic carbocycles. The molecule has 4 N–H and O–H groups in total. The molecule has 0 spiro atoms. The van der Waals surface area contributed by atoms with Crippen LogP contribution in [0.25, 0.3) is 0 Å². The maximum atomic E-state index is 10.3. The quantitative estimate of drug-likeness (QED) is 0.465. The molecule has 4 nitrogen and oxygen atoms in total. The van der Waals surface area contributed by atoms with Crippen molar-refractivity contribution in [1.29, 1.82) is 0 Å². The molecule has 0 saturated carbocycles. The van der Waals surface area contributed by atoms with Crippen LogP contribution in [0.3, 0.4) is 0 Å². The molecule has 0 fully saturated rings. The highest BCUT2D eigenvalue weighted by Crippen LogP contribution is 2.09. The van der Waals surface area contributed by atoms with Crippen LogP contribution < -0.4 is 5.73 Å². The Bertz CT molecular complexity index is 232. The van der Waals surface area contributed by atoms with Crippen LogP contribution >= 0.6 is 0 Å². The predicted molar refractivity (Wildman–Crippen MR) is 38.8 cm³/mol. The number of rotatable bonds is 1. The minimum atomic E-state index is -1.05. The fourth-order valence-corrected chi connectivity index (χ4v) is 0.822. The van der Waals surface area contributed by atoms with Crippen molar-refractivity contribution in [2.75, 3.05) is 0 Å². The topological polar surface area (TPSA) is 83.6 Å². The molecule has 0 radical (unpaired) electrons. The molecule has 11 heavy (non-hydrogen) atoms. The van der Waals surface area contributed by atoms with Gasteiger partial charge in [-0.15, -0.1) is 0 Å². The first-order valence-corrected chi connectivity index (χ1v) is 3.18.